The number of aromatic nitrogens is 8. The molecule has 4 aromatic heterocycles. The maximum Gasteiger partial charge on any atom is 0.351 e. The van der Waals surface area contributed by atoms with Crippen molar-refractivity contribution in [2.24, 2.45) is 0 Å². The lowest BCUT2D eigenvalue weighted by molar-refractivity contribution is -0.126. The first-order chi connectivity index (χ1) is 46.7. The Balaban J connectivity index is 0.802. The monoisotopic (exact) mass is 1370 g/mol. The average molecular weight is 1370 g/mol. The van der Waals surface area contributed by atoms with Gasteiger partial charge < -0.3 is 43.6 Å². The van der Waals surface area contributed by atoms with Gasteiger partial charge in [0.2, 0.25) is 0 Å². The summed E-state index contributed by atoms with van der Waals surface area (Å²) in [6.07, 6.45) is 2.20. The van der Waals surface area contributed by atoms with Gasteiger partial charge in [-0.3, -0.25) is 37.2 Å². The molecule has 3 aliphatic heterocycles. The summed E-state index contributed by atoms with van der Waals surface area (Å²) in [4.78, 5) is 88.9. The first-order valence-corrected chi connectivity index (χ1v) is 37.8. The molecule has 3 saturated heterocycles. The van der Waals surface area contributed by atoms with Crippen molar-refractivity contribution in [2.45, 2.75) is 82.1 Å². The molecule has 3 amide bonds. The van der Waals surface area contributed by atoms with Crippen molar-refractivity contribution >= 4 is 80.1 Å². The fraction of sp³-hybridized carbons (Fsp3) is 0.324. The van der Waals surface area contributed by atoms with Crippen molar-refractivity contribution in [3.63, 3.8) is 0 Å². The Morgan fingerprint density at radius 3 is 1.44 bits per heavy atom. The second-order valence-electron chi connectivity index (χ2n) is 25.0. The Morgan fingerprint density at radius 2 is 0.959 bits per heavy atom. The normalized spacial score (nSPS) is 20.8. The quantitative estimate of drug-likeness (QED) is 0.0421. The number of benzene rings is 5. The molecular formula is C68H75N13O13P2Si. The summed E-state index contributed by atoms with van der Waals surface area (Å²) in [5, 5.41) is 9.89. The molecule has 5 aromatic carbocycles. The van der Waals surface area contributed by atoms with E-state index < -0.39 is 94.5 Å². The molecule has 97 heavy (non-hydrogen) atoms. The third-order valence-electron chi connectivity index (χ3n) is 17.3. The summed E-state index contributed by atoms with van der Waals surface area (Å²) < 4.78 is 78.9. The van der Waals surface area contributed by atoms with Gasteiger partial charge in [0.15, 0.2) is 23.2 Å². The SMILES string of the molecule is CC(C)(C)[Si](OC[C@@H]1CN([P@@](C)(=O)OC[C@@H]2CN([P@@](C)(=O)OCC3CCC[C@H](n4ccc(NC(=O)c5ccccc5)nc4=O)O3)C[C@H](n3ccc(NC(=O)c4ccccc4)nc3=O)O2)C[C@H](n2cnc3c(NC(=O)c4ccccc4)ncnc32)O1)(c1ccccc1)c1ccccc1. The minimum atomic E-state index is -3.94. The number of nitrogens with one attached hydrogen (secondary N) is 3. The molecule has 0 aliphatic carbocycles. The van der Waals surface area contributed by atoms with Crippen LogP contribution in [0.3, 0.4) is 0 Å². The molecule has 3 aliphatic rings. The summed E-state index contributed by atoms with van der Waals surface area (Å²) >= 11 is 0. The van der Waals surface area contributed by atoms with Crippen molar-refractivity contribution in [1.82, 2.24) is 48.0 Å². The molecule has 0 spiro atoms. The average Bonchev–Trinajstić information content (AvgIpc) is 1.50. The minimum absolute atomic E-state index is 0.00924. The van der Waals surface area contributed by atoms with E-state index in [0.29, 0.717) is 41.6 Å². The van der Waals surface area contributed by atoms with Crippen molar-refractivity contribution in [2.75, 3.05) is 75.3 Å². The molecule has 3 N–H and O–H groups in total. The molecule has 0 radical (unpaired) electrons. The maximum absolute atomic E-state index is 15.7. The summed E-state index contributed by atoms with van der Waals surface area (Å²) in [7, 11) is -11.0. The van der Waals surface area contributed by atoms with E-state index >= 15 is 9.13 Å². The third kappa shape index (κ3) is 15.6. The number of fused-ring (bicyclic) bond motifs is 1. The first kappa shape index (κ1) is 68.1. The van der Waals surface area contributed by atoms with E-state index in [2.05, 4.69) is 85.9 Å². The van der Waals surface area contributed by atoms with E-state index in [1.165, 1.54) is 59.6 Å². The number of anilines is 3. The van der Waals surface area contributed by atoms with Crippen LogP contribution in [0.5, 0.6) is 0 Å². The summed E-state index contributed by atoms with van der Waals surface area (Å²) in [5.41, 5.74) is 0.347. The molecule has 12 rings (SSSR count). The zero-order chi connectivity index (χ0) is 67.9. The minimum Gasteiger partial charge on any atom is -0.405 e. The lowest BCUT2D eigenvalue weighted by Crippen LogP contribution is -2.67. The van der Waals surface area contributed by atoms with Crippen LogP contribution in [0.25, 0.3) is 11.2 Å². The number of carbonyl (C=O) groups is 3. The second-order valence-corrected chi connectivity index (χ2v) is 34.2. The molecule has 0 saturated carbocycles. The van der Waals surface area contributed by atoms with Crippen LogP contribution in [0.4, 0.5) is 17.5 Å². The van der Waals surface area contributed by atoms with E-state index in [-0.39, 0.29) is 69.0 Å². The number of imidazole rings is 1. The Labute approximate surface area is 560 Å². The summed E-state index contributed by atoms with van der Waals surface area (Å²) in [6.45, 7) is 8.89. The molecular weight excluding hydrogens is 1300 g/mol. The first-order valence-electron chi connectivity index (χ1n) is 31.8. The highest BCUT2D eigenvalue weighted by molar-refractivity contribution is 7.56. The highest BCUT2D eigenvalue weighted by Crippen LogP contribution is 2.53. The smallest absolute Gasteiger partial charge is 0.351 e. The Hall–Kier alpha value is -8.82. The standard InChI is InChI=1S/C68H75N13O13P2Si/c1-68(2,3)97(53-29-17-9-18-30-53,54-31-19-10-20-32-54)91-44-52-39-78(41-59(94-52)81-46-71-60-61(69-45-70-62(60)81)76-65(84)49-26-15-8-16-27-49)96(5,88)90-43-51-38-77(40-58(93-51)80-37-35-56(75-67(80)86)73-64(83)48-24-13-7-14-25-48)95(4,87)89-42-50-28-21-33-57(92-50)79-36-34-55(74-66(79)85)72-63(82)47-22-11-6-12-23-47/h6-20,22-27,29-32,34-37,45-46,50-52,57-59H,21,28,33,38-44H2,1-5H3,(H,69,70,76,84)(H,72,74,82,85)(H,73,75,83,86)/t50?,51-,52-,57+,58+,59+,95-,96-/m0/s1. The van der Waals surface area contributed by atoms with Crippen molar-refractivity contribution < 1.29 is 51.2 Å². The van der Waals surface area contributed by atoms with Gasteiger partial charge in [0, 0.05) is 55.5 Å². The van der Waals surface area contributed by atoms with Gasteiger partial charge in [-0.2, -0.15) is 9.97 Å². The highest BCUT2D eigenvalue weighted by Gasteiger charge is 2.51. The molecule has 9 aromatic rings. The molecule has 3 fully saturated rings. The molecule has 504 valence electrons. The van der Waals surface area contributed by atoms with Crippen LogP contribution in [0.2, 0.25) is 5.04 Å². The third-order valence-corrected chi connectivity index (χ3v) is 26.3. The topological polar surface area (TPSA) is 297 Å². The second kappa shape index (κ2) is 29.5. The van der Waals surface area contributed by atoms with Gasteiger partial charge in [-0.05, 0) is 83.2 Å². The number of hydrogen-bond acceptors (Lipinski definition) is 18. The van der Waals surface area contributed by atoms with Crippen molar-refractivity contribution in [3.8, 4) is 0 Å². The zero-order valence-corrected chi connectivity index (χ0v) is 56.9. The number of ether oxygens (including phenoxy) is 3. The number of morpholine rings is 2. The van der Waals surface area contributed by atoms with Crippen LogP contribution < -0.4 is 37.7 Å². The predicted octanol–water partition coefficient (Wildman–Crippen LogP) is 8.82. The fourth-order valence-corrected chi connectivity index (χ4v) is 20.0. The van der Waals surface area contributed by atoms with Crippen LogP contribution >= 0.6 is 15.0 Å². The molecule has 8 atom stereocenters. The predicted molar refractivity (Wildman–Crippen MR) is 367 cm³/mol. The zero-order valence-electron chi connectivity index (χ0n) is 54.1. The van der Waals surface area contributed by atoms with E-state index in [9.17, 15) is 24.0 Å². The fourth-order valence-electron chi connectivity index (χ4n) is 12.4. The Morgan fingerprint density at radius 1 is 0.526 bits per heavy atom. The van der Waals surface area contributed by atoms with Gasteiger partial charge in [-0.15, -0.1) is 0 Å². The molecule has 26 nitrogen and oxygen atoms in total. The van der Waals surface area contributed by atoms with Gasteiger partial charge in [0.25, 0.3) is 41.1 Å². The van der Waals surface area contributed by atoms with E-state index in [1.807, 2.05) is 42.5 Å². The van der Waals surface area contributed by atoms with Gasteiger partial charge in [-0.1, -0.05) is 136 Å². The van der Waals surface area contributed by atoms with Crippen molar-refractivity contribution in [1.29, 1.82) is 0 Å². The largest absolute Gasteiger partial charge is 0.405 e. The number of nitrogens with zero attached hydrogens (tertiary/aromatic N) is 10. The maximum atomic E-state index is 15.7. The number of carbonyl (C=O) groups excluding carboxylic acids is 3. The van der Waals surface area contributed by atoms with Gasteiger partial charge in [0.1, 0.15) is 30.4 Å². The van der Waals surface area contributed by atoms with Crippen molar-refractivity contribution in [3.05, 3.63) is 226 Å². The van der Waals surface area contributed by atoms with Crippen LogP contribution in [-0.2, 0) is 36.8 Å². The van der Waals surface area contributed by atoms with E-state index in [1.54, 1.807) is 98.8 Å². The van der Waals surface area contributed by atoms with E-state index in [4.69, 9.17) is 27.7 Å². The lowest BCUT2D eigenvalue weighted by atomic mass is 10.1. The Bertz CT molecular complexity index is 4440. The number of hydrogen-bond donors (Lipinski definition) is 3. The number of amides is 3. The molecule has 29 heteroatoms. The summed E-state index contributed by atoms with van der Waals surface area (Å²) in [6, 6.07) is 49.0. The molecule has 7 heterocycles. The van der Waals surface area contributed by atoms with E-state index in [0.717, 1.165) is 10.4 Å². The van der Waals surface area contributed by atoms with Crippen LogP contribution in [0, 0.1) is 0 Å². The van der Waals surface area contributed by atoms with Crippen LogP contribution in [-0.4, -0.2) is 152 Å². The number of rotatable bonds is 22. The Kier molecular flexibility index (Phi) is 20.7. The van der Waals surface area contributed by atoms with Gasteiger partial charge >= 0.3 is 11.4 Å². The van der Waals surface area contributed by atoms with Crippen LogP contribution in [0.1, 0.15) is 89.8 Å². The molecule has 0 bridgehead atoms. The summed E-state index contributed by atoms with van der Waals surface area (Å²) in [5.74, 6) is -1.07. The highest BCUT2D eigenvalue weighted by atomic mass is 31.2. The van der Waals surface area contributed by atoms with Crippen LogP contribution in [0.15, 0.2) is 198 Å². The molecule has 1 unspecified atom stereocenters. The lowest BCUT2D eigenvalue weighted by Gasteiger charge is -2.45. The van der Waals surface area contributed by atoms with Gasteiger partial charge in [0.05, 0.1) is 57.5 Å². The van der Waals surface area contributed by atoms with Gasteiger partial charge in [-0.25, -0.2) is 33.9 Å².